The summed E-state index contributed by atoms with van der Waals surface area (Å²) in [5, 5.41) is 0. The summed E-state index contributed by atoms with van der Waals surface area (Å²) in [6.07, 6.45) is 8.88. The van der Waals surface area contributed by atoms with E-state index in [1.807, 2.05) is 25.4 Å². The molecule has 0 spiro atoms. The van der Waals surface area contributed by atoms with Crippen LogP contribution in [-0.4, -0.2) is 4.98 Å². The van der Waals surface area contributed by atoms with E-state index < -0.39 is 0 Å². The monoisotopic (exact) mass is 379 g/mol. The first kappa shape index (κ1) is 14.5. The van der Waals surface area contributed by atoms with Crippen molar-refractivity contribution in [1.29, 1.82) is 0 Å². The third-order valence-corrected chi connectivity index (χ3v) is 4.31. The Labute approximate surface area is 131 Å². The van der Waals surface area contributed by atoms with E-state index in [1.54, 1.807) is 0 Å². The Morgan fingerprint density at radius 3 is 2.58 bits per heavy atom. The summed E-state index contributed by atoms with van der Waals surface area (Å²) in [6, 6.07) is 6.46. The molecule has 0 amide bonds. The topological polar surface area (TPSA) is 12.9 Å². The van der Waals surface area contributed by atoms with Gasteiger partial charge in [-0.05, 0) is 64.2 Å². The molecule has 0 unspecified atom stereocenters. The molecule has 0 N–H and O–H groups in total. The molecule has 0 saturated carbocycles. The molecule has 1 aromatic heterocycles. The highest BCUT2D eigenvalue weighted by atomic mass is 79.9. The highest BCUT2D eigenvalue weighted by Crippen LogP contribution is 2.35. The van der Waals surface area contributed by atoms with Gasteiger partial charge in [-0.25, -0.2) is 0 Å². The van der Waals surface area contributed by atoms with Crippen LogP contribution >= 0.6 is 31.9 Å². The summed E-state index contributed by atoms with van der Waals surface area (Å²) >= 11 is 7.24. The Hall–Kier alpha value is -0.930. The molecule has 3 heteroatoms. The van der Waals surface area contributed by atoms with E-state index in [2.05, 4.69) is 68.1 Å². The summed E-state index contributed by atoms with van der Waals surface area (Å²) < 4.78 is 2.11. The zero-order valence-electron chi connectivity index (χ0n) is 11.0. The molecule has 0 atom stereocenters. The van der Waals surface area contributed by atoms with E-state index >= 15 is 0 Å². The first-order valence-electron chi connectivity index (χ1n) is 6.22. The molecular weight excluding hydrogens is 366 g/mol. The Bertz CT molecular complexity index is 618. The molecule has 0 fully saturated rings. The molecule has 0 radical (unpaired) electrons. The van der Waals surface area contributed by atoms with Gasteiger partial charge in [0, 0.05) is 26.9 Å². The highest BCUT2D eigenvalue weighted by Gasteiger charge is 2.10. The minimum atomic E-state index is 1.01. The lowest BCUT2D eigenvalue weighted by molar-refractivity contribution is 1.13. The SMILES string of the molecule is C/C=C\c1cc(Br)c(-c2ccncc2Br)cc1CC. The first-order valence-corrected chi connectivity index (χ1v) is 7.81. The van der Waals surface area contributed by atoms with Crippen molar-refractivity contribution in [2.45, 2.75) is 20.3 Å². The number of rotatable bonds is 3. The standard InChI is InChI=1S/C16H15Br2N/c1-3-5-12-9-15(17)14(8-11(12)4-2)13-6-7-19-10-16(13)18/h3,5-10H,4H2,1-2H3/b5-3-. The number of benzene rings is 1. The van der Waals surface area contributed by atoms with E-state index in [1.165, 1.54) is 16.7 Å². The van der Waals surface area contributed by atoms with Crippen molar-refractivity contribution in [2.75, 3.05) is 0 Å². The fourth-order valence-electron chi connectivity index (χ4n) is 2.07. The molecule has 1 aromatic carbocycles. The van der Waals surface area contributed by atoms with Crippen LogP contribution in [0.15, 0.2) is 45.6 Å². The van der Waals surface area contributed by atoms with Gasteiger partial charge in [0.05, 0.1) is 0 Å². The third-order valence-electron chi connectivity index (χ3n) is 3.02. The van der Waals surface area contributed by atoms with Gasteiger partial charge < -0.3 is 0 Å². The van der Waals surface area contributed by atoms with Crippen LogP contribution in [0, 0.1) is 0 Å². The van der Waals surface area contributed by atoms with Crippen LogP contribution < -0.4 is 0 Å². The van der Waals surface area contributed by atoms with Gasteiger partial charge in [-0.2, -0.15) is 0 Å². The van der Waals surface area contributed by atoms with E-state index in [4.69, 9.17) is 0 Å². The lowest BCUT2D eigenvalue weighted by Crippen LogP contribution is -1.91. The predicted octanol–water partition coefficient (Wildman–Crippen LogP) is 5.87. The fraction of sp³-hybridized carbons (Fsp3) is 0.188. The van der Waals surface area contributed by atoms with Gasteiger partial charge in [0.15, 0.2) is 0 Å². The van der Waals surface area contributed by atoms with Crippen LogP contribution in [0.3, 0.4) is 0 Å². The number of aryl methyl sites for hydroxylation is 1. The second kappa shape index (κ2) is 6.49. The van der Waals surface area contributed by atoms with Gasteiger partial charge in [-0.15, -0.1) is 0 Å². The van der Waals surface area contributed by atoms with Crippen molar-refractivity contribution in [3.8, 4) is 11.1 Å². The highest BCUT2D eigenvalue weighted by molar-refractivity contribution is 9.11. The molecular formula is C16H15Br2N. The Morgan fingerprint density at radius 1 is 1.16 bits per heavy atom. The zero-order valence-corrected chi connectivity index (χ0v) is 14.1. The molecule has 0 aliphatic rings. The van der Waals surface area contributed by atoms with Crippen LogP contribution in [-0.2, 0) is 6.42 Å². The number of allylic oxidation sites excluding steroid dienone is 1. The normalized spacial score (nSPS) is 11.2. The number of nitrogens with zero attached hydrogens (tertiary/aromatic N) is 1. The molecule has 19 heavy (non-hydrogen) atoms. The van der Waals surface area contributed by atoms with Crippen LogP contribution in [0.2, 0.25) is 0 Å². The van der Waals surface area contributed by atoms with Crippen molar-refractivity contribution in [3.63, 3.8) is 0 Å². The lowest BCUT2D eigenvalue weighted by Gasteiger charge is -2.12. The molecule has 0 aliphatic heterocycles. The van der Waals surface area contributed by atoms with Crippen LogP contribution in [0.5, 0.6) is 0 Å². The smallest absolute Gasteiger partial charge is 0.0437 e. The van der Waals surface area contributed by atoms with Crippen molar-refractivity contribution in [1.82, 2.24) is 4.98 Å². The number of hydrogen-bond donors (Lipinski definition) is 0. The minimum Gasteiger partial charge on any atom is -0.264 e. The molecule has 0 bridgehead atoms. The summed E-state index contributed by atoms with van der Waals surface area (Å²) in [5.41, 5.74) is 4.97. The molecule has 2 aromatic rings. The Balaban J connectivity index is 2.63. The minimum absolute atomic E-state index is 1.01. The third kappa shape index (κ3) is 3.15. The number of hydrogen-bond acceptors (Lipinski definition) is 1. The van der Waals surface area contributed by atoms with E-state index in [0.717, 1.165) is 20.9 Å². The average molecular weight is 381 g/mol. The van der Waals surface area contributed by atoms with Gasteiger partial charge in [0.1, 0.15) is 0 Å². The predicted molar refractivity (Wildman–Crippen MR) is 89.2 cm³/mol. The Morgan fingerprint density at radius 2 is 1.95 bits per heavy atom. The second-order valence-electron chi connectivity index (χ2n) is 4.24. The van der Waals surface area contributed by atoms with E-state index in [-0.39, 0.29) is 0 Å². The van der Waals surface area contributed by atoms with Gasteiger partial charge in [-0.3, -0.25) is 4.98 Å². The van der Waals surface area contributed by atoms with Crippen molar-refractivity contribution < 1.29 is 0 Å². The summed E-state index contributed by atoms with van der Waals surface area (Å²) in [6.45, 7) is 4.22. The van der Waals surface area contributed by atoms with Crippen LogP contribution in [0.1, 0.15) is 25.0 Å². The summed E-state index contributed by atoms with van der Waals surface area (Å²) in [7, 11) is 0. The number of aromatic nitrogens is 1. The molecule has 1 nitrogen and oxygen atoms in total. The molecule has 0 aliphatic carbocycles. The molecule has 2 rings (SSSR count). The zero-order chi connectivity index (χ0) is 13.8. The number of halogens is 2. The maximum Gasteiger partial charge on any atom is 0.0437 e. The first-order chi connectivity index (χ1) is 9.17. The Kier molecular flexibility index (Phi) is 4.94. The maximum absolute atomic E-state index is 4.12. The van der Waals surface area contributed by atoms with E-state index in [0.29, 0.717) is 0 Å². The number of pyridine rings is 1. The molecule has 98 valence electrons. The van der Waals surface area contributed by atoms with Crippen molar-refractivity contribution in [2.24, 2.45) is 0 Å². The van der Waals surface area contributed by atoms with Gasteiger partial charge in [-0.1, -0.05) is 35.0 Å². The molecule has 1 heterocycles. The average Bonchev–Trinajstić information content (AvgIpc) is 2.40. The van der Waals surface area contributed by atoms with Gasteiger partial charge in [0.25, 0.3) is 0 Å². The fourth-order valence-corrected chi connectivity index (χ4v) is 3.11. The summed E-state index contributed by atoms with van der Waals surface area (Å²) in [5.74, 6) is 0. The van der Waals surface area contributed by atoms with Crippen molar-refractivity contribution in [3.05, 3.63) is 56.7 Å². The van der Waals surface area contributed by atoms with Gasteiger partial charge >= 0.3 is 0 Å². The van der Waals surface area contributed by atoms with Crippen LogP contribution in [0.25, 0.3) is 17.2 Å². The second-order valence-corrected chi connectivity index (χ2v) is 5.95. The van der Waals surface area contributed by atoms with Crippen molar-refractivity contribution >= 4 is 37.9 Å². The maximum atomic E-state index is 4.12. The largest absolute Gasteiger partial charge is 0.264 e. The van der Waals surface area contributed by atoms with E-state index in [9.17, 15) is 0 Å². The van der Waals surface area contributed by atoms with Crippen LogP contribution in [0.4, 0.5) is 0 Å². The van der Waals surface area contributed by atoms with Gasteiger partial charge in [0.2, 0.25) is 0 Å². The quantitative estimate of drug-likeness (QED) is 0.648. The lowest BCUT2D eigenvalue weighted by atomic mass is 9.98. The summed E-state index contributed by atoms with van der Waals surface area (Å²) in [4.78, 5) is 4.12. The molecule has 0 saturated heterocycles.